The van der Waals surface area contributed by atoms with E-state index in [9.17, 15) is 22.0 Å². The van der Waals surface area contributed by atoms with E-state index >= 15 is 0 Å². The van der Waals surface area contributed by atoms with E-state index in [0.29, 0.717) is 4.90 Å². The number of nitrogens with zero attached hydrogens (tertiary/aromatic N) is 1. The van der Waals surface area contributed by atoms with Crippen molar-refractivity contribution in [3.63, 3.8) is 0 Å². The molecule has 0 aliphatic heterocycles. The van der Waals surface area contributed by atoms with Crippen LogP contribution >= 0.6 is 45.5 Å². The minimum absolute atomic E-state index is 0.297. The maximum atomic E-state index is 12.3. The van der Waals surface area contributed by atoms with Crippen LogP contribution in [0.15, 0.2) is 11.0 Å². The molecule has 0 fully saturated rings. The van der Waals surface area contributed by atoms with Gasteiger partial charge in [-0.25, -0.2) is 17.2 Å². The van der Waals surface area contributed by atoms with Crippen LogP contribution < -0.4 is 0 Å². The van der Waals surface area contributed by atoms with Gasteiger partial charge in [-0.1, -0.05) is 34.8 Å². The molecule has 0 aliphatic carbocycles. The second-order valence-electron chi connectivity index (χ2n) is 3.87. The first-order valence-corrected chi connectivity index (χ1v) is 8.57. The van der Waals surface area contributed by atoms with E-state index in [2.05, 4.69) is 0 Å². The highest BCUT2D eigenvalue weighted by atomic mass is 35.7. The average Bonchev–Trinajstić information content (AvgIpc) is 2.31. The lowest BCUT2D eigenvalue weighted by molar-refractivity contribution is 0.0620. The van der Waals surface area contributed by atoms with E-state index in [0.717, 1.165) is 13.1 Å². The third-order valence-electron chi connectivity index (χ3n) is 2.36. The van der Waals surface area contributed by atoms with E-state index in [-0.39, 0.29) is 10.0 Å². The molecule has 118 valence electrons. The predicted molar refractivity (Wildman–Crippen MR) is 77.5 cm³/mol. The first-order chi connectivity index (χ1) is 9.46. The highest BCUT2D eigenvalue weighted by molar-refractivity contribution is 8.13. The van der Waals surface area contributed by atoms with E-state index in [4.69, 9.17) is 45.5 Å². The fourth-order valence-electron chi connectivity index (χ4n) is 1.43. The maximum Gasteiger partial charge on any atom is 0.262 e. The van der Waals surface area contributed by atoms with Crippen LogP contribution in [0.2, 0.25) is 15.1 Å². The summed E-state index contributed by atoms with van der Waals surface area (Å²) in [5.41, 5.74) is -0.506. The van der Waals surface area contributed by atoms with Crippen LogP contribution in [-0.2, 0) is 9.05 Å². The minimum atomic E-state index is -4.30. The predicted octanol–water partition coefficient (Wildman–Crippen LogP) is 3.91. The molecule has 11 heteroatoms. The standard InChI is InChI=1S/C10H7Cl4F2NO3S/c1-17(3-6(15)16)10(18)7-8(12)4(11)2-5(9(7)13)21(14,19)20/h2,6H,3H2,1H3. The Morgan fingerprint density at radius 1 is 1.29 bits per heavy atom. The summed E-state index contributed by atoms with van der Waals surface area (Å²) in [5.74, 6) is -1.01. The highest BCUT2D eigenvalue weighted by Gasteiger charge is 2.28. The summed E-state index contributed by atoms with van der Waals surface area (Å²) >= 11 is 17.3. The molecule has 0 N–H and O–H groups in total. The van der Waals surface area contributed by atoms with Gasteiger partial charge in [0.15, 0.2) is 0 Å². The molecule has 0 unspecified atom stereocenters. The third kappa shape index (κ3) is 4.32. The van der Waals surface area contributed by atoms with E-state index in [1.54, 1.807) is 0 Å². The topological polar surface area (TPSA) is 54.5 Å². The Morgan fingerprint density at radius 3 is 2.24 bits per heavy atom. The lowest BCUT2D eigenvalue weighted by atomic mass is 10.2. The van der Waals surface area contributed by atoms with Crippen LogP contribution in [0.4, 0.5) is 8.78 Å². The Labute approximate surface area is 138 Å². The molecular weight excluding hydrogens is 394 g/mol. The number of benzene rings is 1. The van der Waals surface area contributed by atoms with Crippen LogP contribution in [-0.4, -0.2) is 39.2 Å². The van der Waals surface area contributed by atoms with Gasteiger partial charge in [-0.2, -0.15) is 0 Å². The Balaban J connectivity index is 3.49. The fourth-order valence-corrected chi connectivity index (χ4v) is 3.57. The van der Waals surface area contributed by atoms with Crippen molar-refractivity contribution in [2.45, 2.75) is 11.3 Å². The van der Waals surface area contributed by atoms with Gasteiger partial charge in [0.05, 0.1) is 27.2 Å². The first-order valence-electron chi connectivity index (χ1n) is 5.12. The number of alkyl halides is 2. The van der Waals surface area contributed by atoms with Crippen LogP contribution in [0.3, 0.4) is 0 Å². The normalized spacial score (nSPS) is 11.8. The number of hydrogen-bond donors (Lipinski definition) is 0. The molecule has 21 heavy (non-hydrogen) atoms. The van der Waals surface area contributed by atoms with Crippen LogP contribution in [0.5, 0.6) is 0 Å². The van der Waals surface area contributed by atoms with Gasteiger partial charge >= 0.3 is 0 Å². The van der Waals surface area contributed by atoms with Crippen molar-refractivity contribution < 1.29 is 22.0 Å². The molecule has 1 aromatic rings. The molecular formula is C10H7Cl4F2NO3S. The van der Waals surface area contributed by atoms with Crippen LogP contribution in [0.25, 0.3) is 0 Å². The van der Waals surface area contributed by atoms with Gasteiger partial charge in [0.25, 0.3) is 21.4 Å². The van der Waals surface area contributed by atoms with Crippen molar-refractivity contribution >= 4 is 60.4 Å². The van der Waals surface area contributed by atoms with Gasteiger partial charge in [0, 0.05) is 17.7 Å². The number of carbonyl (C=O) groups excluding carboxylic acids is 1. The molecule has 0 atom stereocenters. The Kier molecular flexibility index (Phi) is 6.08. The molecule has 0 saturated carbocycles. The molecule has 0 heterocycles. The Hall–Kier alpha value is -0.340. The van der Waals surface area contributed by atoms with Crippen LogP contribution in [0.1, 0.15) is 10.4 Å². The van der Waals surface area contributed by atoms with Gasteiger partial charge in [-0.05, 0) is 6.07 Å². The van der Waals surface area contributed by atoms with E-state index in [1.165, 1.54) is 0 Å². The summed E-state index contributed by atoms with van der Waals surface area (Å²) in [7, 11) is 1.95. The number of rotatable bonds is 4. The van der Waals surface area contributed by atoms with E-state index in [1.807, 2.05) is 0 Å². The van der Waals surface area contributed by atoms with Gasteiger partial charge in [0.2, 0.25) is 0 Å². The zero-order valence-corrected chi connectivity index (χ0v) is 14.1. The minimum Gasteiger partial charge on any atom is -0.336 e. The smallest absolute Gasteiger partial charge is 0.262 e. The molecule has 1 aromatic carbocycles. The average molecular weight is 401 g/mol. The van der Waals surface area contributed by atoms with Crippen molar-refractivity contribution in [1.29, 1.82) is 0 Å². The van der Waals surface area contributed by atoms with Crippen LogP contribution in [0, 0.1) is 0 Å². The van der Waals surface area contributed by atoms with Crippen molar-refractivity contribution in [2.24, 2.45) is 0 Å². The Bertz CT molecular complexity index is 681. The van der Waals surface area contributed by atoms with Gasteiger partial charge < -0.3 is 4.90 Å². The molecule has 1 amide bonds. The SMILES string of the molecule is CN(CC(F)F)C(=O)c1c(Cl)c(Cl)cc(S(=O)(=O)Cl)c1Cl. The monoisotopic (exact) mass is 399 g/mol. The van der Waals surface area contributed by atoms with Crippen molar-refractivity contribution in [3.8, 4) is 0 Å². The Morgan fingerprint density at radius 2 is 1.81 bits per heavy atom. The van der Waals surface area contributed by atoms with Gasteiger partial charge in [-0.3, -0.25) is 4.79 Å². The summed E-state index contributed by atoms with van der Waals surface area (Å²) < 4.78 is 47.4. The van der Waals surface area contributed by atoms with Crippen molar-refractivity contribution in [3.05, 3.63) is 26.7 Å². The summed E-state index contributed by atoms with van der Waals surface area (Å²) in [6.45, 7) is -0.888. The second-order valence-corrected chi connectivity index (χ2v) is 7.57. The fraction of sp³-hybridized carbons (Fsp3) is 0.300. The zero-order valence-electron chi connectivity index (χ0n) is 10.2. The lowest BCUT2D eigenvalue weighted by Crippen LogP contribution is -2.31. The maximum absolute atomic E-state index is 12.3. The van der Waals surface area contributed by atoms with Crippen molar-refractivity contribution in [2.75, 3.05) is 13.6 Å². The largest absolute Gasteiger partial charge is 0.336 e. The number of halogens is 6. The summed E-state index contributed by atoms with van der Waals surface area (Å²) in [5, 5.41) is -1.23. The van der Waals surface area contributed by atoms with Gasteiger partial charge in [-0.15, -0.1) is 0 Å². The summed E-state index contributed by atoms with van der Waals surface area (Å²) in [4.78, 5) is 12.1. The summed E-state index contributed by atoms with van der Waals surface area (Å²) in [6, 6.07) is 0.873. The molecule has 0 aliphatic rings. The van der Waals surface area contributed by atoms with Crippen molar-refractivity contribution in [1.82, 2.24) is 4.90 Å². The summed E-state index contributed by atoms with van der Waals surface area (Å²) in [6.07, 6.45) is -2.79. The number of amides is 1. The zero-order chi connectivity index (χ0) is 16.5. The molecule has 1 rings (SSSR count). The molecule has 0 radical (unpaired) electrons. The number of hydrogen-bond acceptors (Lipinski definition) is 3. The van der Waals surface area contributed by atoms with Gasteiger partial charge in [0.1, 0.15) is 4.90 Å². The van der Waals surface area contributed by atoms with E-state index < -0.39 is 43.4 Å². The molecule has 0 aromatic heterocycles. The molecule has 4 nitrogen and oxygen atoms in total. The third-order valence-corrected chi connectivity index (χ3v) is 5.00. The molecule has 0 spiro atoms. The molecule has 0 saturated heterocycles. The quantitative estimate of drug-likeness (QED) is 0.568. The lowest BCUT2D eigenvalue weighted by Gasteiger charge is -2.19. The second kappa shape index (κ2) is 6.83. The highest BCUT2D eigenvalue weighted by Crippen LogP contribution is 2.38. The molecule has 0 bridgehead atoms. The first kappa shape index (κ1) is 18.7. The number of carbonyl (C=O) groups is 1.